The molecule has 0 saturated heterocycles. The number of aldehydes is 1. The molecular formula is C20H22ClNO. The SMILES string of the molecule is CC.CC.O=Cc1ccc2nc(Cl)cc(-c3ccccc3)c2c1. The van der Waals surface area contributed by atoms with Crippen molar-refractivity contribution >= 4 is 28.8 Å². The molecule has 120 valence electrons. The Kier molecular flexibility index (Phi) is 8.00. The summed E-state index contributed by atoms with van der Waals surface area (Å²) in [6, 6.07) is 17.2. The lowest BCUT2D eigenvalue weighted by Crippen LogP contribution is -1.88. The summed E-state index contributed by atoms with van der Waals surface area (Å²) in [5.74, 6) is 0. The maximum Gasteiger partial charge on any atom is 0.150 e. The first-order chi connectivity index (χ1) is 11.3. The van der Waals surface area contributed by atoms with Gasteiger partial charge in [0.15, 0.2) is 0 Å². The highest BCUT2D eigenvalue weighted by Crippen LogP contribution is 2.30. The Morgan fingerprint density at radius 2 is 1.57 bits per heavy atom. The van der Waals surface area contributed by atoms with Gasteiger partial charge in [0, 0.05) is 10.9 Å². The Morgan fingerprint density at radius 1 is 0.913 bits per heavy atom. The van der Waals surface area contributed by atoms with Crippen molar-refractivity contribution in [3.05, 3.63) is 65.3 Å². The summed E-state index contributed by atoms with van der Waals surface area (Å²) in [6.07, 6.45) is 0.836. The van der Waals surface area contributed by atoms with Crippen LogP contribution in [0.3, 0.4) is 0 Å². The minimum atomic E-state index is 0.449. The third-order valence-corrected chi connectivity index (χ3v) is 3.22. The van der Waals surface area contributed by atoms with E-state index in [1.165, 1.54) is 0 Å². The number of carbonyl (C=O) groups excluding carboxylic acids is 1. The predicted molar refractivity (Wildman–Crippen MR) is 100 cm³/mol. The van der Waals surface area contributed by atoms with E-state index in [1.807, 2.05) is 76.2 Å². The van der Waals surface area contributed by atoms with Gasteiger partial charge in [0.1, 0.15) is 11.4 Å². The zero-order chi connectivity index (χ0) is 17.2. The molecule has 3 heteroatoms. The van der Waals surface area contributed by atoms with E-state index in [4.69, 9.17) is 11.6 Å². The maximum absolute atomic E-state index is 10.9. The Morgan fingerprint density at radius 3 is 2.17 bits per heavy atom. The highest BCUT2D eigenvalue weighted by atomic mass is 35.5. The van der Waals surface area contributed by atoms with E-state index < -0.39 is 0 Å². The van der Waals surface area contributed by atoms with Crippen LogP contribution in [-0.4, -0.2) is 11.3 Å². The smallest absolute Gasteiger partial charge is 0.150 e. The number of hydrogen-bond acceptors (Lipinski definition) is 2. The molecule has 3 rings (SSSR count). The number of nitrogens with zero attached hydrogens (tertiary/aromatic N) is 1. The molecular weight excluding hydrogens is 306 g/mol. The normalized spacial score (nSPS) is 9.26. The van der Waals surface area contributed by atoms with Crippen molar-refractivity contribution in [3.63, 3.8) is 0 Å². The number of pyridine rings is 1. The third-order valence-electron chi connectivity index (χ3n) is 3.02. The summed E-state index contributed by atoms with van der Waals surface area (Å²) in [4.78, 5) is 15.2. The fourth-order valence-corrected chi connectivity index (χ4v) is 2.34. The highest BCUT2D eigenvalue weighted by molar-refractivity contribution is 6.30. The molecule has 0 amide bonds. The quantitative estimate of drug-likeness (QED) is 0.401. The summed E-state index contributed by atoms with van der Waals surface area (Å²) in [5.41, 5.74) is 3.46. The summed E-state index contributed by atoms with van der Waals surface area (Å²) >= 11 is 6.07. The van der Waals surface area contributed by atoms with Gasteiger partial charge in [0.25, 0.3) is 0 Å². The van der Waals surface area contributed by atoms with Crippen LogP contribution < -0.4 is 0 Å². The number of fused-ring (bicyclic) bond motifs is 1. The Hall–Kier alpha value is -2.19. The van der Waals surface area contributed by atoms with Gasteiger partial charge < -0.3 is 0 Å². The molecule has 0 aliphatic heterocycles. The summed E-state index contributed by atoms with van der Waals surface area (Å²) < 4.78 is 0. The number of aromatic nitrogens is 1. The van der Waals surface area contributed by atoms with Gasteiger partial charge in [-0.25, -0.2) is 4.98 Å². The first kappa shape index (κ1) is 18.9. The average molecular weight is 328 g/mol. The maximum atomic E-state index is 10.9. The molecule has 0 N–H and O–H groups in total. The number of halogens is 1. The molecule has 0 atom stereocenters. The van der Waals surface area contributed by atoms with Crippen LogP contribution >= 0.6 is 11.6 Å². The Bertz CT molecular complexity index is 754. The van der Waals surface area contributed by atoms with E-state index in [1.54, 1.807) is 6.07 Å². The van der Waals surface area contributed by atoms with Gasteiger partial charge >= 0.3 is 0 Å². The van der Waals surface area contributed by atoms with Crippen LogP contribution in [-0.2, 0) is 0 Å². The lowest BCUT2D eigenvalue weighted by Gasteiger charge is -2.08. The molecule has 1 aromatic heterocycles. The second-order valence-electron chi connectivity index (χ2n) is 4.25. The van der Waals surface area contributed by atoms with Gasteiger partial charge in [-0.05, 0) is 35.4 Å². The van der Waals surface area contributed by atoms with Crippen LogP contribution in [0.1, 0.15) is 38.1 Å². The first-order valence-corrected chi connectivity index (χ1v) is 8.26. The van der Waals surface area contributed by atoms with Gasteiger partial charge in [-0.3, -0.25) is 4.79 Å². The summed E-state index contributed by atoms with van der Waals surface area (Å²) in [6.45, 7) is 8.00. The number of carbonyl (C=O) groups is 1. The molecule has 1 heterocycles. The second-order valence-corrected chi connectivity index (χ2v) is 4.64. The zero-order valence-electron chi connectivity index (χ0n) is 14.0. The van der Waals surface area contributed by atoms with E-state index in [-0.39, 0.29) is 0 Å². The van der Waals surface area contributed by atoms with Crippen molar-refractivity contribution in [1.82, 2.24) is 4.98 Å². The van der Waals surface area contributed by atoms with Gasteiger partial charge in [0.05, 0.1) is 5.52 Å². The standard InChI is InChI=1S/C16H10ClNO.2C2H6/c17-16-9-13(12-4-2-1-3-5-12)14-8-11(10-19)6-7-15(14)18-16;2*1-2/h1-10H;2*1-2H3. The molecule has 2 aromatic carbocycles. The molecule has 0 aliphatic rings. The van der Waals surface area contributed by atoms with Gasteiger partial charge in [-0.2, -0.15) is 0 Å². The Labute approximate surface area is 143 Å². The van der Waals surface area contributed by atoms with E-state index in [0.717, 1.165) is 28.3 Å². The molecule has 0 radical (unpaired) electrons. The minimum Gasteiger partial charge on any atom is -0.298 e. The van der Waals surface area contributed by atoms with Crippen molar-refractivity contribution < 1.29 is 4.79 Å². The van der Waals surface area contributed by atoms with Crippen LogP contribution in [0.2, 0.25) is 5.15 Å². The molecule has 23 heavy (non-hydrogen) atoms. The molecule has 0 fully saturated rings. The Balaban J connectivity index is 0.000000615. The topological polar surface area (TPSA) is 30.0 Å². The van der Waals surface area contributed by atoms with Crippen LogP contribution in [0.15, 0.2) is 54.6 Å². The average Bonchev–Trinajstić information content (AvgIpc) is 2.64. The monoisotopic (exact) mass is 327 g/mol. The van der Waals surface area contributed by atoms with Crippen LogP contribution in [0.25, 0.3) is 22.0 Å². The van der Waals surface area contributed by atoms with E-state index in [2.05, 4.69) is 4.98 Å². The van der Waals surface area contributed by atoms with E-state index in [0.29, 0.717) is 10.7 Å². The number of hydrogen-bond donors (Lipinski definition) is 0. The predicted octanol–water partition coefficient (Wildman–Crippen LogP) is 6.42. The van der Waals surface area contributed by atoms with E-state index >= 15 is 0 Å². The van der Waals surface area contributed by atoms with Gasteiger partial charge in [-0.15, -0.1) is 0 Å². The lowest BCUT2D eigenvalue weighted by atomic mass is 10.0. The molecule has 2 nitrogen and oxygen atoms in total. The van der Waals surface area contributed by atoms with E-state index in [9.17, 15) is 4.79 Å². The fourth-order valence-electron chi connectivity index (χ4n) is 2.14. The van der Waals surface area contributed by atoms with Gasteiger partial charge in [-0.1, -0.05) is 69.6 Å². The first-order valence-electron chi connectivity index (χ1n) is 7.89. The zero-order valence-corrected chi connectivity index (χ0v) is 14.8. The fraction of sp³-hybridized carbons (Fsp3) is 0.200. The van der Waals surface area contributed by atoms with Crippen LogP contribution in [0.5, 0.6) is 0 Å². The minimum absolute atomic E-state index is 0.449. The van der Waals surface area contributed by atoms with Crippen molar-refractivity contribution in [3.8, 4) is 11.1 Å². The molecule has 3 aromatic rings. The van der Waals surface area contributed by atoms with Crippen molar-refractivity contribution in [1.29, 1.82) is 0 Å². The highest BCUT2D eigenvalue weighted by Gasteiger charge is 2.07. The summed E-state index contributed by atoms with van der Waals surface area (Å²) in [5, 5.41) is 1.38. The van der Waals surface area contributed by atoms with Crippen LogP contribution in [0, 0.1) is 0 Å². The van der Waals surface area contributed by atoms with Crippen molar-refractivity contribution in [2.45, 2.75) is 27.7 Å². The number of benzene rings is 2. The molecule has 0 unspecified atom stereocenters. The molecule has 0 aliphatic carbocycles. The molecule has 0 spiro atoms. The van der Waals surface area contributed by atoms with Crippen LogP contribution in [0.4, 0.5) is 0 Å². The largest absolute Gasteiger partial charge is 0.298 e. The molecule has 0 bridgehead atoms. The lowest BCUT2D eigenvalue weighted by molar-refractivity contribution is 0.112. The van der Waals surface area contributed by atoms with Gasteiger partial charge in [0.2, 0.25) is 0 Å². The second kappa shape index (κ2) is 9.75. The third kappa shape index (κ3) is 4.64. The molecule has 0 saturated carbocycles. The number of rotatable bonds is 2. The summed E-state index contributed by atoms with van der Waals surface area (Å²) in [7, 11) is 0. The van der Waals surface area contributed by atoms with Crippen molar-refractivity contribution in [2.24, 2.45) is 0 Å². The van der Waals surface area contributed by atoms with Crippen molar-refractivity contribution in [2.75, 3.05) is 0 Å².